The molecule has 3 aliphatic heterocycles. The number of nitrogens with zero attached hydrogens (tertiary/aromatic N) is 3. The number of benzene rings is 2. The molecule has 0 atom stereocenters. The quantitative estimate of drug-likeness (QED) is 0.470. The van der Waals surface area contributed by atoms with Gasteiger partial charge in [0.25, 0.3) is 11.8 Å². The molecular formula is C30H34N4O4S2. The minimum Gasteiger partial charge on any atom is -0.339 e. The second-order valence-corrected chi connectivity index (χ2v) is 13.7. The van der Waals surface area contributed by atoms with Crippen molar-refractivity contribution in [3.8, 4) is 0 Å². The van der Waals surface area contributed by atoms with Crippen LogP contribution in [0.5, 0.6) is 0 Å². The Balaban J connectivity index is 1.22. The number of sulfonamides is 1. The fourth-order valence-electron chi connectivity index (χ4n) is 5.90. The smallest absolute Gasteiger partial charge is 0.257 e. The lowest BCUT2D eigenvalue weighted by molar-refractivity contribution is 0.0792. The average molecular weight is 579 g/mol. The molecule has 0 unspecified atom stereocenters. The molecule has 2 amide bonds. The molecule has 3 aromatic rings. The van der Waals surface area contributed by atoms with E-state index in [4.69, 9.17) is 0 Å². The van der Waals surface area contributed by atoms with E-state index in [1.54, 1.807) is 12.1 Å². The average Bonchev–Trinajstić information content (AvgIpc) is 3.64. The van der Waals surface area contributed by atoms with Crippen LogP contribution in [0.3, 0.4) is 0 Å². The predicted molar refractivity (Wildman–Crippen MR) is 156 cm³/mol. The van der Waals surface area contributed by atoms with Crippen molar-refractivity contribution in [2.24, 2.45) is 0 Å². The molecule has 2 aromatic carbocycles. The maximum Gasteiger partial charge on any atom is 0.257 e. The van der Waals surface area contributed by atoms with E-state index in [9.17, 15) is 18.0 Å². The van der Waals surface area contributed by atoms with Crippen molar-refractivity contribution in [3.63, 3.8) is 0 Å². The number of likely N-dealkylation sites (tertiary alicyclic amines) is 1. The molecule has 0 bridgehead atoms. The molecule has 6 rings (SSSR count). The number of anilines is 1. The zero-order valence-corrected chi connectivity index (χ0v) is 24.3. The maximum absolute atomic E-state index is 13.5. The van der Waals surface area contributed by atoms with Gasteiger partial charge in [-0.2, -0.15) is 4.31 Å². The lowest BCUT2D eigenvalue weighted by Crippen LogP contribution is -2.35. The first kappa shape index (κ1) is 27.1. The van der Waals surface area contributed by atoms with Crippen LogP contribution in [-0.4, -0.2) is 67.1 Å². The monoisotopic (exact) mass is 578 g/mol. The summed E-state index contributed by atoms with van der Waals surface area (Å²) < 4.78 is 28.2. The van der Waals surface area contributed by atoms with Crippen LogP contribution in [0.1, 0.15) is 62.0 Å². The predicted octanol–water partition coefficient (Wildman–Crippen LogP) is 4.36. The number of fused-ring (bicyclic) bond motifs is 2. The first-order valence-corrected chi connectivity index (χ1v) is 16.3. The van der Waals surface area contributed by atoms with Crippen LogP contribution in [-0.2, 0) is 36.0 Å². The van der Waals surface area contributed by atoms with Crippen LogP contribution in [0.4, 0.5) is 5.00 Å². The van der Waals surface area contributed by atoms with Gasteiger partial charge in [-0.15, -0.1) is 11.3 Å². The van der Waals surface area contributed by atoms with Crippen LogP contribution < -0.4 is 5.32 Å². The van der Waals surface area contributed by atoms with Gasteiger partial charge in [-0.1, -0.05) is 31.2 Å². The zero-order chi connectivity index (χ0) is 27.9. The topological polar surface area (TPSA) is 90.0 Å². The molecule has 1 aromatic heterocycles. The minimum atomic E-state index is -3.69. The van der Waals surface area contributed by atoms with E-state index in [1.165, 1.54) is 33.3 Å². The molecule has 0 saturated carbocycles. The Kier molecular flexibility index (Phi) is 7.52. The molecule has 1 fully saturated rings. The van der Waals surface area contributed by atoms with Crippen LogP contribution in [0.2, 0.25) is 0 Å². The van der Waals surface area contributed by atoms with E-state index in [1.807, 2.05) is 29.2 Å². The Morgan fingerprint density at radius 2 is 1.62 bits per heavy atom. The Bertz CT molecular complexity index is 1540. The molecule has 3 aliphatic rings. The zero-order valence-electron chi connectivity index (χ0n) is 22.7. The van der Waals surface area contributed by atoms with Crippen LogP contribution in [0, 0.1) is 0 Å². The van der Waals surface area contributed by atoms with Crippen molar-refractivity contribution in [2.45, 2.75) is 50.6 Å². The summed E-state index contributed by atoms with van der Waals surface area (Å²) in [5.74, 6) is -0.350. The number of carbonyl (C=O) groups is 2. The van der Waals surface area contributed by atoms with E-state index in [-0.39, 0.29) is 16.7 Å². The van der Waals surface area contributed by atoms with Gasteiger partial charge in [0.2, 0.25) is 10.0 Å². The number of carbonyl (C=O) groups excluding carboxylic acids is 2. The van der Waals surface area contributed by atoms with Gasteiger partial charge in [-0.3, -0.25) is 14.5 Å². The van der Waals surface area contributed by atoms with Gasteiger partial charge in [-0.05, 0) is 73.2 Å². The molecule has 0 spiro atoms. The van der Waals surface area contributed by atoms with Crippen molar-refractivity contribution in [1.82, 2.24) is 14.1 Å². The van der Waals surface area contributed by atoms with Crippen LogP contribution in [0.25, 0.3) is 0 Å². The normalized spacial score (nSPS) is 17.9. The van der Waals surface area contributed by atoms with E-state index < -0.39 is 10.0 Å². The molecule has 0 radical (unpaired) electrons. The van der Waals surface area contributed by atoms with Crippen molar-refractivity contribution < 1.29 is 18.0 Å². The summed E-state index contributed by atoms with van der Waals surface area (Å²) in [6.45, 7) is 7.00. The summed E-state index contributed by atoms with van der Waals surface area (Å²) >= 11 is 1.49. The number of nitrogens with one attached hydrogen (secondary N) is 1. The first-order chi connectivity index (χ1) is 19.3. The Morgan fingerprint density at radius 1 is 0.900 bits per heavy atom. The highest BCUT2D eigenvalue weighted by atomic mass is 32.2. The Labute approximate surface area is 239 Å². The highest BCUT2D eigenvalue weighted by Gasteiger charge is 2.32. The van der Waals surface area contributed by atoms with Gasteiger partial charge in [0.05, 0.1) is 10.5 Å². The third kappa shape index (κ3) is 5.09. The number of hydrogen-bond acceptors (Lipinski definition) is 6. The summed E-state index contributed by atoms with van der Waals surface area (Å²) in [6.07, 6.45) is 3.47. The minimum absolute atomic E-state index is 0.000190. The summed E-state index contributed by atoms with van der Waals surface area (Å²) in [6, 6.07) is 14.0. The fraction of sp³-hybridized carbons (Fsp3) is 0.400. The number of rotatable bonds is 6. The van der Waals surface area contributed by atoms with E-state index in [0.717, 1.165) is 68.0 Å². The number of amides is 2. The van der Waals surface area contributed by atoms with E-state index >= 15 is 0 Å². The van der Waals surface area contributed by atoms with Crippen LogP contribution >= 0.6 is 11.3 Å². The molecule has 1 N–H and O–H groups in total. The van der Waals surface area contributed by atoms with Gasteiger partial charge in [0.1, 0.15) is 5.00 Å². The van der Waals surface area contributed by atoms with Crippen LogP contribution in [0.15, 0.2) is 53.4 Å². The largest absolute Gasteiger partial charge is 0.339 e. The van der Waals surface area contributed by atoms with Gasteiger partial charge in [-0.25, -0.2) is 8.42 Å². The van der Waals surface area contributed by atoms with Crippen molar-refractivity contribution in [2.75, 3.05) is 38.0 Å². The molecule has 4 heterocycles. The SMILES string of the molecule is CCN1CCc2c(sc(NC(=O)c3ccc(S(=O)(=O)N4CCc5ccccc5C4)cc3)c2C(=O)N2CCCC2)C1. The molecule has 40 heavy (non-hydrogen) atoms. The summed E-state index contributed by atoms with van der Waals surface area (Å²) in [5.41, 5.74) is 4.25. The molecule has 0 aliphatic carbocycles. The van der Waals surface area contributed by atoms with Gasteiger partial charge < -0.3 is 10.2 Å². The first-order valence-electron chi connectivity index (χ1n) is 14.0. The highest BCUT2D eigenvalue weighted by Crippen LogP contribution is 2.38. The Hall–Kier alpha value is -3.05. The second-order valence-electron chi connectivity index (χ2n) is 10.7. The van der Waals surface area contributed by atoms with E-state index in [0.29, 0.717) is 35.6 Å². The number of likely N-dealkylation sites (N-methyl/N-ethyl adjacent to an activating group) is 1. The molecule has 8 nitrogen and oxygen atoms in total. The van der Waals surface area contributed by atoms with Crippen molar-refractivity contribution >= 4 is 38.2 Å². The number of thiophene rings is 1. The molecule has 1 saturated heterocycles. The lowest BCUT2D eigenvalue weighted by Gasteiger charge is -2.28. The van der Waals surface area contributed by atoms with Crippen molar-refractivity contribution in [3.05, 3.63) is 81.2 Å². The van der Waals surface area contributed by atoms with Crippen molar-refractivity contribution in [1.29, 1.82) is 0 Å². The van der Waals surface area contributed by atoms with E-state index in [2.05, 4.69) is 17.1 Å². The van der Waals surface area contributed by atoms with Gasteiger partial charge in [0, 0.05) is 49.7 Å². The molecular weight excluding hydrogens is 544 g/mol. The van der Waals surface area contributed by atoms with Gasteiger partial charge in [0.15, 0.2) is 0 Å². The standard InChI is InChI=1S/C30H34N4O4S2/c1-2-32-17-14-25-26(20-32)39-29(27(25)30(36)33-15-5-6-16-33)31-28(35)22-9-11-24(12-10-22)40(37,38)34-18-13-21-7-3-4-8-23(21)19-34/h3-4,7-12H,2,5-6,13-20H2,1H3,(H,31,35). The fourth-order valence-corrected chi connectivity index (χ4v) is 8.59. The Morgan fingerprint density at radius 3 is 2.35 bits per heavy atom. The third-order valence-corrected chi connectivity index (χ3v) is 11.3. The maximum atomic E-state index is 13.5. The number of hydrogen-bond donors (Lipinski definition) is 1. The second kappa shape index (κ2) is 11.1. The third-order valence-electron chi connectivity index (χ3n) is 8.27. The van der Waals surface area contributed by atoms with Gasteiger partial charge >= 0.3 is 0 Å². The highest BCUT2D eigenvalue weighted by molar-refractivity contribution is 7.89. The summed E-state index contributed by atoms with van der Waals surface area (Å²) in [4.78, 5) is 32.4. The lowest BCUT2D eigenvalue weighted by atomic mass is 10.0. The molecule has 210 valence electrons. The molecule has 10 heteroatoms. The summed E-state index contributed by atoms with van der Waals surface area (Å²) in [5, 5.41) is 3.60. The summed E-state index contributed by atoms with van der Waals surface area (Å²) in [7, 11) is -3.69.